The summed E-state index contributed by atoms with van der Waals surface area (Å²) in [5.41, 5.74) is 0. The zero-order valence-electron chi connectivity index (χ0n) is 9.55. The number of hydrogen-bond acceptors (Lipinski definition) is 4. The van der Waals surface area contributed by atoms with E-state index in [0.29, 0.717) is 18.9 Å². The Bertz CT molecular complexity index is 339. The lowest BCUT2D eigenvalue weighted by atomic mass is 10.0. The Kier molecular flexibility index (Phi) is 4.73. The number of sulfone groups is 1. The second-order valence-electron chi connectivity index (χ2n) is 4.52. The molecule has 1 N–H and O–H groups in total. The molecule has 0 aromatic heterocycles. The van der Waals surface area contributed by atoms with Gasteiger partial charge >= 0.3 is 5.97 Å². The average Bonchev–Trinajstić information content (AvgIpc) is 2.58. The summed E-state index contributed by atoms with van der Waals surface area (Å²) >= 11 is 0. The first kappa shape index (κ1) is 13.4. The normalized spacial score (nSPS) is 22.4. The summed E-state index contributed by atoms with van der Waals surface area (Å²) in [7, 11) is -2.89. The molecule has 0 amide bonds. The van der Waals surface area contributed by atoms with Gasteiger partial charge in [-0.3, -0.25) is 4.79 Å². The van der Waals surface area contributed by atoms with Crippen LogP contribution in [0.5, 0.6) is 0 Å². The third kappa shape index (κ3) is 5.46. The van der Waals surface area contributed by atoms with Gasteiger partial charge < -0.3 is 10.0 Å². The van der Waals surface area contributed by atoms with Crippen molar-refractivity contribution in [1.29, 1.82) is 0 Å². The van der Waals surface area contributed by atoms with Crippen LogP contribution in [0, 0.1) is 5.92 Å². The van der Waals surface area contributed by atoms with Crippen LogP contribution in [-0.4, -0.2) is 56.0 Å². The Balaban J connectivity index is 2.22. The number of likely N-dealkylation sites (tertiary alicyclic amines) is 1. The fourth-order valence-corrected chi connectivity index (χ4v) is 2.56. The fraction of sp³-hybridized carbons (Fsp3) is 0.900. The van der Waals surface area contributed by atoms with Gasteiger partial charge in [0.2, 0.25) is 0 Å². The van der Waals surface area contributed by atoms with Gasteiger partial charge in [-0.05, 0) is 25.3 Å². The first-order valence-corrected chi connectivity index (χ1v) is 7.55. The van der Waals surface area contributed by atoms with Crippen LogP contribution in [0.1, 0.15) is 19.3 Å². The van der Waals surface area contributed by atoms with Gasteiger partial charge in [-0.25, -0.2) is 8.42 Å². The zero-order chi connectivity index (χ0) is 12.2. The predicted octanol–water partition coefficient (Wildman–Crippen LogP) is 0.218. The molecule has 94 valence electrons. The molecule has 1 aliphatic rings. The maximum Gasteiger partial charge on any atom is 0.303 e. The summed E-state index contributed by atoms with van der Waals surface area (Å²) in [5.74, 6) is -0.149. The number of aliphatic carboxylic acids is 1. The molecule has 0 bridgehead atoms. The summed E-state index contributed by atoms with van der Waals surface area (Å²) in [6, 6.07) is 0. The van der Waals surface area contributed by atoms with E-state index >= 15 is 0 Å². The zero-order valence-corrected chi connectivity index (χ0v) is 10.4. The van der Waals surface area contributed by atoms with E-state index in [2.05, 4.69) is 4.90 Å². The molecular formula is C10H19NO4S. The molecule has 6 heteroatoms. The van der Waals surface area contributed by atoms with Crippen molar-refractivity contribution in [3.05, 3.63) is 0 Å². The molecule has 1 heterocycles. The van der Waals surface area contributed by atoms with Gasteiger partial charge in [0.15, 0.2) is 0 Å². The molecule has 0 aromatic rings. The average molecular weight is 249 g/mol. The molecule has 0 spiro atoms. The molecule has 0 aliphatic carbocycles. The minimum absolute atomic E-state index is 0.193. The number of carbonyl (C=O) groups is 1. The highest BCUT2D eigenvalue weighted by Gasteiger charge is 2.23. The van der Waals surface area contributed by atoms with E-state index in [9.17, 15) is 13.2 Å². The Morgan fingerprint density at radius 3 is 2.75 bits per heavy atom. The maximum atomic E-state index is 11.0. The van der Waals surface area contributed by atoms with E-state index in [-0.39, 0.29) is 12.2 Å². The van der Waals surface area contributed by atoms with Crippen LogP contribution >= 0.6 is 0 Å². The molecule has 1 fully saturated rings. The van der Waals surface area contributed by atoms with E-state index in [0.717, 1.165) is 19.5 Å². The summed E-state index contributed by atoms with van der Waals surface area (Å²) < 4.78 is 22.0. The molecule has 16 heavy (non-hydrogen) atoms. The second kappa shape index (κ2) is 5.63. The number of hydrogen-bond donors (Lipinski definition) is 1. The van der Waals surface area contributed by atoms with Crippen LogP contribution in [-0.2, 0) is 14.6 Å². The van der Waals surface area contributed by atoms with Crippen LogP contribution in [0.3, 0.4) is 0 Å². The number of carboxylic acids is 1. The highest BCUT2D eigenvalue weighted by atomic mass is 32.2. The highest BCUT2D eigenvalue weighted by Crippen LogP contribution is 2.20. The first-order valence-electron chi connectivity index (χ1n) is 5.48. The maximum absolute atomic E-state index is 11.0. The summed E-state index contributed by atoms with van der Waals surface area (Å²) in [5, 5.41) is 8.56. The summed E-state index contributed by atoms with van der Waals surface area (Å²) in [6.45, 7) is 2.30. The van der Waals surface area contributed by atoms with Crippen molar-refractivity contribution in [3.63, 3.8) is 0 Å². The minimum Gasteiger partial charge on any atom is -0.481 e. The Morgan fingerprint density at radius 2 is 2.19 bits per heavy atom. The third-order valence-corrected chi connectivity index (χ3v) is 3.84. The van der Waals surface area contributed by atoms with Gasteiger partial charge in [0.1, 0.15) is 9.84 Å². The Hall–Kier alpha value is -0.620. The van der Waals surface area contributed by atoms with Crippen LogP contribution in [0.2, 0.25) is 0 Å². The number of carboxylic acid groups (broad SMARTS) is 1. The predicted molar refractivity (Wildman–Crippen MR) is 61.1 cm³/mol. The van der Waals surface area contributed by atoms with Crippen molar-refractivity contribution < 1.29 is 18.3 Å². The van der Waals surface area contributed by atoms with E-state index in [1.807, 2.05) is 0 Å². The number of rotatable bonds is 6. The van der Waals surface area contributed by atoms with Gasteiger partial charge in [0.05, 0.1) is 5.75 Å². The lowest BCUT2D eigenvalue weighted by Gasteiger charge is -2.14. The van der Waals surface area contributed by atoms with Crippen LogP contribution < -0.4 is 0 Å². The van der Waals surface area contributed by atoms with E-state index in [1.54, 1.807) is 0 Å². The molecule has 1 unspecified atom stereocenters. The lowest BCUT2D eigenvalue weighted by Crippen LogP contribution is -2.27. The quantitative estimate of drug-likeness (QED) is 0.728. The third-order valence-electron chi connectivity index (χ3n) is 2.91. The van der Waals surface area contributed by atoms with E-state index in [1.165, 1.54) is 6.26 Å². The van der Waals surface area contributed by atoms with E-state index < -0.39 is 15.8 Å². The second-order valence-corrected chi connectivity index (χ2v) is 6.78. The van der Waals surface area contributed by atoms with Crippen molar-refractivity contribution in [2.75, 3.05) is 31.6 Å². The Labute approximate surface area is 96.4 Å². The molecule has 1 atom stereocenters. The van der Waals surface area contributed by atoms with Crippen LogP contribution in [0.25, 0.3) is 0 Å². The molecule has 0 saturated carbocycles. The highest BCUT2D eigenvalue weighted by molar-refractivity contribution is 7.90. The van der Waals surface area contributed by atoms with Crippen molar-refractivity contribution in [1.82, 2.24) is 4.90 Å². The molecule has 5 nitrogen and oxygen atoms in total. The largest absolute Gasteiger partial charge is 0.481 e. The van der Waals surface area contributed by atoms with E-state index in [4.69, 9.17) is 5.11 Å². The van der Waals surface area contributed by atoms with Crippen molar-refractivity contribution in [2.24, 2.45) is 5.92 Å². The first-order chi connectivity index (χ1) is 7.37. The lowest BCUT2D eigenvalue weighted by molar-refractivity contribution is -0.137. The molecule has 0 aromatic carbocycles. The van der Waals surface area contributed by atoms with Gasteiger partial charge in [0, 0.05) is 25.8 Å². The van der Waals surface area contributed by atoms with Crippen molar-refractivity contribution in [2.45, 2.75) is 19.3 Å². The monoisotopic (exact) mass is 249 g/mol. The minimum atomic E-state index is -2.89. The molecule has 1 rings (SSSR count). The number of nitrogens with zero attached hydrogens (tertiary/aromatic N) is 1. The van der Waals surface area contributed by atoms with Gasteiger partial charge in [-0.2, -0.15) is 0 Å². The molecule has 1 aliphatic heterocycles. The summed E-state index contributed by atoms with van der Waals surface area (Å²) in [4.78, 5) is 12.5. The SMILES string of the molecule is CS(=O)(=O)CCN1CCC(CCC(=O)O)C1. The molecule has 0 radical (unpaired) electrons. The van der Waals surface area contributed by atoms with Crippen LogP contribution in [0.4, 0.5) is 0 Å². The Morgan fingerprint density at radius 1 is 1.50 bits per heavy atom. The smallest absolute Gasteiger partial charge is 0.303 e. The van der Waals surface area contributed by atoms with Gasteiger partial charge in [0.25, 0.3) is 0 Å². The van der Waals surface area contributed by atoms with Crippen molar-refractivity contribution in [3.8, 4) is 0 Å². The van der Waals surface area contributed by atoms with Crippen molar-refractivity contribution >= 4 is 15.8 Å². The standard InChI is InChI=1S/C10H19NO4S/c1-16(14,15)7-6-11-5-4-9(8-11)2-3-10(12)13/h9H,2-8H2,1H3,(H,12,13). The van der Waals surface area contributed by atoms with Gasteiger partial charge in [-0.1, -0.05) is 0 Å². The fourth-order valence-electron chi connectivity index (χ4n) is 1.97. The summed E-state index contributed by atoms with van der Waals surface area (Å²) in [6.07, 6.45) is 3.14. The van der Waals surface area contributed by atoms with Crippen LogP contribution in [0.15, 0.2) is 0 Å². The topological polar surface area (TPSA) is 74.7 Å². The van der Waals surface area contributed by atoms with Gasteiger partial charge in [-0.15, -0.1) is 0 Å². The molecule has 1 saturated heterocycles. The molecular weight excluding hydrogens is 230 g/mol.